The molecule has 0 saturated carbocycles. The maximum absolute atomic E-state index is 14.9. The molecule has 1 aromatic carbocycles. The van der Waals surface area contributed by atoms with E-state index in [1.54, 1.807) is 32.0 Å². The molecule has 10 nitrogen and oxygen atoms in total. The van der Waals surface area contributed by atoms with Crippen LogP contribution in [-0.4, -0.2) is 46.1 Å². The maximum Gasteiger partial charge on any atom is 0.417 e. The third-order valence-corrected chi connectivity index (χ3v) is 4.86. The molecule has 1 unspecified atom stereocenters. The number of rotatable bonds is 6. The number of pyridine rings is 1. The molecule has 4 rings (SSSR count). The first-order chi connectivity index (χ1) is 15.4. The van der Waals surface area contributed by atoms with E-state index in [0.29, 0.717) is 22.7 Å². The molecule has 2 atom stereocenters. The number of halogens is 1. The SMILES string of the molecule is Cc1nnc(-c2ccc(-c3ccc(N4C(=O)OC(OC(=O)CCN)[C@H]4C)cc3F)cn2)o1. The summed E-state index contributed by atoms with van der Waals surface area (Å²) in [6.07, 6.45) is -0.347. The number of ether oxygens (including phenoxy) is 2. The summed E-state index contributed by atoms with van der Waals surface area (Å²) in [4.78, 5) is 29.5. The van der Waals surface area contributed by atoms with E-state index >= 15 is 0 Å². The normalized spacial score (nSPS) is 18.0. The fourth-order valence-electron chi connectivity index (χ4n) is 3.28. The van der Waals surface area contributed by atoms with Crippen molar-refractivity contribution < 1.29 is 27.9 Å². The number of anilines is 1. The Morgan fingerprint density at radius 1 is 1.28 bits per heavy atom. The van der Waals surface area contributed by atoms with E-state index in [-0.39, 0.29) is 24.5 Å². The summed E-state index contributed by atoms with van der Waals surface area (Å²) in [6.45, 7) is 3.43. The van der Waals surface area contributed by atoms with Crippen LogP contribution in [-0.2, 0) is 14.3 Å². The number of hydrogen-bond donors (Lipinski definition) is 1. The number of esters is 1. The van der Waals surface area contributed by atoms with E-state index in [9.17, 15) is 14.0 Å². The molecule has 2 aromatic heterocycles. The third kappa shape index (κ3) is 4.14. The molecule has 166 valence electrons. The van der Waals surface area contributed by atoms with E-state index < -0.39 is 30.2 Å². The number of hydrogen-bond acceptors (Lipinski definition) is 9. The predicted octanol–water partition coefficient (Wildman–Crippen LogP) is 2.81. The summed E-state index contributed by atoms with van der Waals surface area (Å²) in [6, 6.07) is 7.01. The van der Waals surface area contributed by atoms with Crippen LogP contribution in [0.5, 0.6) is 0 Å². The minimum absolute atomic E-state index is 0.00300. The Morgan fingerprint density at radius 2 is 2.09 bits per heavy atom. The minimum atomic E-state index is -1.10. The summed E-state index contributed by atoms with van der Waals surface area (Å²) in [5.41, 5.74) is 6.88. The van der Waals surface area contributed by atoms with Crippen LogP contribution in [0.25, 0.3) is 22.7 Å². The number of nitrogens with zero attached hydrogens (tertiary/aromatic N) is 4. The van der Waals surface area contributed by atoms with Crippen LogP contribution in [0.1, 0.15) is 19.2 Å². The Hall–Kier alpha value is -3.86. The Morgan fingerprint density at radius 3 is 2.72 bits per heavy atom. The highest BCUT2D eigenvalue weighted by Crippen LogP contribution is 2.32. The molecule has 1 saturated heterocycles. The summed E-state index contributed by atoms with van der Waals surface area (Å²) in [5.74, 6) is -0.451. The van der Waals surface area contributed by atoms with Crippen molar-refractivity contribution in [3.05, 3.63) is 48.2 Å². The van der Waals surface area contributed by atoms with Gasteiger partial charge in [0.15, 0.2) is 0 Å². The van der Waals surface area contributed by atoms with Gasteiger partial charge in [-0.15, -0.1) is 10.2 Å². The van der Waals surface area contributed by atoms with E-state index in [0.717, 1.165) is 0 Å². The average molecular weight is 441 g/mol. The quantitative estimate of drug-likeness (QED) is 0.573. The van der Waals surface area contributed by atoms with Gasteiger partial charge in [-0.2, -0.15) is 0 Å². The largest absolute Gasteiger partial charge is 0.423 e. The second kappa shape index (κ2) is 8.71. The van der Waals surface area contributed by atoms with E-state index in [4.69, 9.17) is 19.6 Å². The molecule has 1 aliphatic rings. The maximum atomic E-state index is 14.9. The van der Waals surface area contributed by atoms with Crippen molar-refractivity contribution in [2.45, 2.75) is 32.6 Å². The third-order valence-electron chi connectivity index (χ3n) is 4.86. The number of aryl methyl sites for hydroxylation is 1. The van der Waals surface area contributed by atoms with Crippen LogP contribution in [0.4, 0.5) is 14.9 Å². The first kappa shape index (κ1) is 21.4. The van der Waals surface area contributed by atoms with Gasteiger partial charge in [-0.1, -0.05) is 6.07 Å². The Kier molecular flexibility index (Phi) is 5.82. The summed E-state index contributed by atoms with van der Waals surface area (Å²) in [7, 11) is 0. The van der Waals surface area contributed by atoms with Crippen LogP contribution in [0.2, 0.25) is 0 Å². The van der Waals surface area contributed by atoms with Crippen LogP contribution < -0.4 is 10.6 Å². The molecule has 3 heterocycles. The highest BCUT2D eigenvalue weighted by atomic mass is 19.1. The number of nitrogens with two attached hydrogens (primary N) is 1. The molecule has 1 amide bonds. The smallest absolute Gasteiger partial charge is 0.417 e. The van der Waals surface area contributed by atoms with Crippen molar-refractivity contribution in [1.29, 1.82) is 0 Å². The van der Waals surface area contributed by atoms with Gasteiger partial charge in [0.05, 0.1) is 12.1 Å². The summed E-state index contributed by atoms with van der Waals surface area (Å²) < 4.78 is 30.5. The van der Waals surface area contributed by atoms with Gasteiger partial charge in [-0.25, -0.2) is 9.18 Å². The van der Waals surface area contributed by atoms with E-state index in [1.165, 1.54) is 23.2 Å². The van der Waals surface area contributed by atoms with Gasteiger partial charge in [0.2, 0.25) is 5.89 Å². The summed E-state index contributed by atoms with van der Waals surface area (Å²) >= 11 is 0. The van der Waals surface area contributed by atoms with Crippen molar-refractivity contribution in [1.82, 2.24) is 15.2 Å². The second-order valence-corrected chi connectivity index (χ2v) is 7.11. The molecule has 11 heteroatoms. The molecule has 32 heavy (non-hydrogen) atoms. The topological polar surface area (TPSA) is 134 Å². The standard InChI is InChI=1S/C21H20FN5O5/c1-11-20(31-18(28)7-8-23)32-21(29)27(11)14-4-5-15(16(22)9-14)13-3-6-17(24-10-13)19-26-25-12(2)30-19/h3-6,9-11,20H,7-8,23H2,1-2H3/t11-,20?/m1/s1. The lowest BCUT2D eigenvalue weighted by Crippen LogP contribution is -2.36. The van der Waals surface area contributed by atoms with Crippen molar-refractivity contribution in [2.75, 3.05) is 11.4 Å². The Labute approximate surface area is 182 Å². The van der Waals surface area contributed by atoms with Crippen LogP contribution in [0.15, 0.2) is 40.9 Å². The number of amides is 1. The van der Waals surface area contributed by atoms with Gasteiger partial charge in [-0.3, -0.25) is 14.7 Å². The zero-order chi connectivity index (χ0) is 22.8. The van der Waals surface area contributed by atoms with Gasteiger partial charge < -0.3 is 19.6 Å². The number of aromatic nitrogens is 3. The molecule has 2 N–H and O–H groups in total. The molecule has 0 radical (unpaired) electrons. The predicted molar refractivity (Wildman–Crippen MR) is 110 cm³/mol. The van der Waals surface area contributed by atoms with Gasteiger partial charge in [0.25, 0.3) is 12.2 Å². The second-order valence-electron chi connectivity index (χ2n) is 7.11. The highest BCUT2D eigenvalue weighted by Gasteiger charge is 2.42. The van der Waals surface area contributed by atoms with Gasteiger partial charge >= 0.3 is 12.1 Å². The Balaban J connectivity index is 1.53. The molecule has 0 spiro atoms. The fraction of sp³-hybridized carbons (Fsp3) is 0.286. The van der Waals surface area contributed by atoms with Crippen molar-refractivity contribution in [3.63, 3.8) is 0 Å². The molecule has 0 bridgehead atoms. The monoisotopic (exact) mass is 441 g/mol. The van der Waals surface area contributed by atoms with Crippen molar-refractivity contribution >= 4 is 17.7 Å². The first-order valence-corrected chi connectivity index (χ1v) is 9.83. The van der Waals surface area contributed by atoms with Gasteiger partial charge in [0, 0.05) is 30.8 Å². The lowest BCUT2D eigenvalue weighted by atomic mass is 10.1. The summed E-state index contributed by atoms with van der Waals surface area (Å²) in [5, 5.41) is 7.66. The molecule has 0 aliphatic carbocycles. The zero-order valence-electron chi connectivity index (χ0n) is 17.3. The molecular weight excluding hydrogens is 421 g/mol. The number of benzene rings is 1. The number of carbonyl (C=O) groups is 2. The lowest BCUT2D eigenvalue weighted by molar-refractivity contribution is -0.164. The minimum Gasteiger partial charge on any atom is -0.423 e. The molecule has 3 aromatic rings. The van der Waals surface area contributed by atoms with Crippen LogP contribution in [0, 0.1) is 12.7 Å². The molecule has 1 fully saturated rings. The van der Waals surface area contributed by atoms with Crippen LogP contribution in [0.3, 0.4) is 0 Å². The highest BCUT2D eigenvalue weighted by molar-refractivity contribution is 5.91. The Bertz CT molecular complexity index is 1150. The zero-order valence-corrected chi connectivity index (χ0v) is 17.3. The van der Waals surface area contributed by atoms with Crippen molar-refractivity contribution in [3.8, 4) is 22.7 Å². The van der Waals surface area contributed by atoms with Gasteiger partial charge in [-0.05, 0) is 31.2 Å². The lowest BCUT2D eigenvalue weighted by Gasteiger charge is -2.21. The number of carbonyl (C=O) groups excluding carboxylic acids is 2. The van der Waals surface area contributed by atoms with Gasteiger partial charge in [0.1, 0.15) is 17.6 Å². The van der Waals surface area contributed by atoms with Crippen molar-refractivity contribution in [2.24, 2.45) is 5.73 Å². The average Bonchev–Trinajstić information content (AvgIpc) is 3.31. The number of cyclic esters (lactones) is 1. The van der Waals surface area contributed by atoms with E-state index in [1.807, 2.05) is 0 Å². The first-order valence-electron chi connectivity index (χ1n) is 9.83. The fourth-order valence-corrected chi connectivity index (χ4v) is 3.28. The van der Waals surface area contributed by atoms with E-state index in [2.05, 4.69) is 15.2 Å². The molecular formula is C21H20FN5O5. The molecule has 1 aliphatic heterocycles. The van der Waals surface area contributed by atoms with Crippen LogP contribution >= 0.6 is 0 Å².